The van der Waals surface area contributed by atoms with E-state index in [2.05, 4.69) is 0 Å². The smallest absolute Gasteiger partial charge is 0.335 e. The zero-order valence-corrected chi connectivity index (χ0v) is 15.0. The minimum absolute atomic E-state index is 0.111. The molecule has 11 nitrogen and oxygen atoms in total. The Morgan fingerprint density at radius 2 is 1.70 bits per heavy atom. The summed E-state index contributed by atoms with van der Waals surface area (Å²) in [5.74, 6) is -1.53. The van der Waals surface area contributed by atoms with Gasteiger partial charge in [0.15, 0.2) is 12.4 Å². The Morgan fingerprint density at radius 1 is 1.04 bits per heavy atom. The normalized spacial score (nSPS) is 43.6. The fraction of sp³-hybridized carbons (Fsp3) is 0.938. The number of carboxylic acid groups (broad SMARTS) is 1. The standard InChI is InChI=1S/C16H29NO10/c1-2-3-4-17-5-8(18)10(20)9(19)7(17)6-26-16-13(23)11(21)12(22)14(27-16)15(24)25/h7-14,16,18-23H,2-6H2,1H3,(H,24,25). The van der Waals surface area contributed by atoms with E-state index >= 15 is 0 Å². The number of nitrogens with zero attached hydrogens (tertiary/aromatic N) is 1. The number of likely N-dealkylation sites (tertiary alicyclic amines) is 1. The van der Waals surface area contributed by atoms with E-state index in [1.807, 2.05) is 6.92 Å². The van der Waals surface area contributed by atoms with Crippen LogP contribution in [0.15, 0.2) is 0 Å². The maximum Gasteiger partial charge on any atom is 0.335 e. The van der Waals surface area contributed by atoms with Gasteiger partial charge in [-0.3, -0.25) is 4.90 Å². The lowest BCUT2D eigenvalue weighted by Gasteiger charge is -2.45. The number of unbranched alkanes of at least 4 members (excludes halogenated alkanes) is 1. The van der Waals surface area contributed by atoms with Gasteiger partial charge in [-0.25, -0.2) is 4.79 Å². The number of aliphatic hydroxyl groups excluding tert-OH is 6. The minimum Gasteiger partial charge on any atom is -0.479 e. The number of rotatable bonds is 7. The monoisotopic (exact) mass is 395 g/mol. The Kier molecular flexibility index (Phi) is 7.92. The second kappa shape index (κ2) is 9.54. The van der Waals surface area contributed by atoms with Gasteiger partial charge in [-0.1, -0.05) is 13.3 Å². The molecule has 0 amide bonds. The molecule has 2 saturated heterocycles. The van der Waals surface area contributed by atoms with Crippen molar-refractivity contribution >= 4 is 5.97 Å². The van der Waals surface area contributed by atoms with Crippen molar-refractivity contribution in [1.29, 1.82) is 0 Å². The summed E-state index contributed by atoms with van der Waals surface area (Å²) in [5, 5.41) is 68.6. The van der Waals surface area contributed by atoms with Crippen molar-refractivity contribution in [3.8, 4) is 0 Å². The van der Waals surface area contributed by atoms with Crippen molar-refractivity contribution < 1.29 is 50.0 Å². The van der Waals surface area contributed by atoms with Crippen LogP contribution >= 0.6 is 0 Å². The number of hydrogen-bond acceptors (Lipinski definition) is 10. The Bertz CT molecular complexity index is 494. The van der Waals surface area contributed by atoms with Gasteiger partial charge in [0.2, 0.25) is 0 Å². The van der Waals surface area contributed by atoms with Gasteiger partial charge in [0.05, 0.1) is 18.8 Å². The highest BCUT2D eigenvalue weighted by atomic mass is 16.7. The van der Waals surface area contributed by atoms with Crippen molar-refractivity contribution in [3.63, 3.8) is 0 Å². The number of β-amino-alcohol motifs (C(OH)–C–C–N with tert-alkyl or cyclic N) is 1. The van der Waals surface area contributed by atoms with E-state index in [-0.39, 0.29) is 13.2 Å². The van der Waals surface area contributed by atoms with Gasteiger partial charge >= 0.3 is 5.97 Å². The molecule has 0 saturated carbocycles. The number of aliphatic hydroxyl groups is 6. The van der Waals surface area contributed by atoms with Gasteiger partial charge in [-0.2, -0.15) is 0 Å². The van der Waals surface area contributed by atoms with E-state index in [0.717, 1.165) is 12.8 Å². The first-order chi connectivity index (χ1) is 12.7. The molecule has 2 aliphatic heterocycles. The van der Waals surface area contributed by atoms with Crippen LogP contribution in [-0.2, 0) is 14.3 Å². The number of carboxylic acids is 1. The molecule has 2 heterocycles. The summed E-state index contributed by atoms with van der Waals surface area (Å²) in [4.78, 5) is 12.9. The molecule has 7 N–H and O–H groups in total. The lowest BCUT2D eigenvalue weighted by Crippen LogP contribution is -2.64. The zero-order valence-electron chi connectivity index (χ0n) is 15.0. The highest BCUT2D eigenvalue weighted by Crippen LogP contribution is 2.25. The highest BCUT2D eigenvalue weighted by Gasteiger charge is 2.48. The van der Waals surface area contributed by atoms with Crippen molar-refractivity contribution in [2.45, 2.75) is 74.8 Å². The first kappa shape index (κ1) is 22.4. The Hall–Kier alpha value is -0.890. The molecule has 2 rings (SSSR count). The molecule has 2 aliphatic rings. The SMILES string of the molecule is CCCCN1CC(O)C(O)C(O)C1COC1OC(C(=O)O)C(O)C(O)C1O. The first-order valence-electron chi connectivity index (χ1n) is 9.01. The summed E-state index contributed by atoms with van der Waals surface area (Å²) in [5.41, 5.74) is 0. The zero-order chi connectivity index (χ0) is 20.3. The van der Waals surface area contributed by atoms with Gasteiger partial charge in [0.25, 0.3) is 0 Å². The first-order valence-corrected chi connectivity index (χ1v) is 9.01. The predicted octanol–water partition coefficient (Wildman–Crippen LogP) is -3.54. The summed E-state index contributed by atoms with van der Waals surface area (Å²) in [6.45, 7) is 2.35. The molecular weight excluding hydrogens is 366 g/mol. The summed E-state index contributed by atoms with van der Waals surface area (Å²) in [6, 6.07) is -0.738. The third-order valence-corrected chi connectivity index (χ3v) is 5.07. The van der Waals surface area contributed by atoms with Gasteiger partial charge in [0.1, 0.15) is 30.5 Å². The van der Waals surface area contributed by atoms with Crippen LogP contribution in [0.3, 0.4) is 0 Å². The number of hydrogen-bond donors (Lipinski definition) is 7. The number of piperidine rings is 1. The van der Waals surface area contributed by atoms with Crippen molar-refractivity contribution in [1.82, 2.24) is 4.90 Å². The fourth-order valence-electron chi connectivity index (χ4n) is 3.36. The molecule has 0 aromatic carbocycles. The number of ether oxygens (including phenoxy) is 2. The van der Waals surface area contributed by atoms with Crippen LogP contribution < -0.4 is 0 Å². The van der Waals surface area contributed by atoms with Gasteiger partial charge in [-0.05, 0) is 13.0 Å². The van der Waals surface area contributed by atoms with E-state index in [9.17, 15) is 35.4 Å². The van der Waals surface area contributed by atoms with E-state index in [1.54, 1.807) is 4.90 Å². The fourth-order valence-corrected chi connectivity index (χ4v) is 3.36. The summed E-state index contributed by atoms with van der Waals surface area (Å²) in [7, 11) is 0. The average Bonchev–Trinajstić information content (AvgIpc) is 2.63. The third kappa shape index (κ3) is 4.94. The molecule has 0 aromatic rings. The lowest BCUT2D eigenvalue weighted by atomic mass is 9.94. The van der Waals surface area contributed by atoms with E-state index in [1.165, 1.54) is 0 Å². The Labute approximate surface area is 156 Å². The van der Waals surface area contributed by atoms with Crippen LogP contribution in [0.5, 0.6) is 0 Å². The van der Waals surface area contributed by atoms with Crippen molar-refractivity contribution in [2.24, 2.45) is 0 Å². The predicted molar refractivity (Wildman–Crippen MR) is 88.6 cm³/mol. The largest absolute Gasteiger partial charge is 0.479 e. The summed E-state index contributed by atoms with van der Waals surface area (Å²) < 4.78 is 10.4. The molecule has 9 unspecified atom stereocenters. The maximum atomic E-state index is 11.1. The molecule has 9 atom stereocenters. The van der Waals surface area contributed by atoms with E-state index in [0.29, 0.717) is 6.54 Å². The average molecular weight is 395 g/mol. The lowest BCUT2D eigenvalue weighted by molar-refractivity contribution is -0.299. The van der Waals surface area contributed by atoms with Crippen molar-refractivity contribution in [2.75, 3.05) is 19.7 Å². The molecule has 11 heteroatoms. The molecule has 0 aromatic heterocycles. The highest BCUT2D eigenvalue weighted by molar-refractivity contribution is 5.73. The summed E-state index contributed by atoms with van der Waals surface area (Å²) in [6.07, 6.45) is -10.8. The molecule has 0 bridgehead atoms. The van der Waals surface area contributed by atoms with E-state index in [4.69, 9.17) is 14.6 Å². The minimum atomic E-state index is -1.82. The van der Waals surface area contributed by atoms with Crippen LogP contribution in [0.4, 0.5) is 0 Å². The van der Waals surface area contributed by atoms with Crippen molar-refractivity contribution in [3.05, 3.63) is 0 Å². The molecule has 27 heavy (non-hydrogen) atoms. The maximum absolute atomic E-state index is 11.1. The number of carbonyl (C=O) groups is 1. The van der Waals surface area contributed by atoms with Crippen LogP contribution in [0.1, 0.15) is 19.8 Å². The van der Waals surface area contributed by atoms with Gasteiger partial charge in [-0.15, -0.1) is 0 Å². The summed E-state index contributed by atoms with van der Waals surface area (Å²) >= 11 is 0. The van der Waals surface area contributed by atoms with Gasteiger partial charge in [0, 0.05) is 6.54 Å². The van der Waals surface area contributed by atoms with Gasteiger partial charge < -0.3 is 45.2 Å². The molecule has 0 spiro atoms. The van der Waals surface area contributed by atoms with Crippen LogP contribution in [0, 0.1) is 0 Å². The van der Waals surface area contributed by atoms with Crippen LogP contribution in [0.2, 0.25) is 0 Å². The quantitative estimate of drug-likeness (QED) is 0.227. The molecule has 0 aliphatic carbocycles. The molecule has 158 valence electrons. The van der Waals surface area contributed by atoms with Crippen LogP contribution in [0.25, 0.3) is 0 Å². The molecule has 0 radical (unpaired) electrons. The molecule has 2 fully saturated rings. The number of aliphatic carboxylic acids is 1. The topological polar surface area (TPSA) is 180 Å². The third-order valence-electron chi connectivity index (χ3n) is 5.07. The Morgan fingerprint density at radius 3 is 2.30 bits per heavy atom. The second-order valence-corrected chi connectivity index (χ2v) is 7.03. The van der Waals surface area contributed by atoms with Crippen LogP contribution in [-0.4, -0.2) is 121 Å². The Balaban J connectivity index is 2.05. The molecular formula is C16H29NO10. The van der Waals surface area contributed by atoms with E-state index < -0.39 is 61.0 Å². The second-order valence-electron chi connectivity index (χ2n) is 7.03.